The van der Waals surface area contributed by atoms with Crippen molar-refractivity contribution < 1.29 is 35.5 Å². The molecular weight excluding hydrogens is 283 g/mol. The largest absolute Gasteiger partial charge is 0.480 e. The molecular formula is C10H8F7NO. The van der Waals surface area contributed by atoms with E-state index < -0.39 is 42.1 Å². The third kappa shape index (κ3) is 3.98. The Balaban J connectivity index is 3.04. The molecule has 1 unspecified atom stereocenters. The van der Waals surface area contributed by atoms with Gasteiger partial charge in [0.15, 0.2) is 0 Å². The second kappa shape index (κ2) is 5.24. The zero-order chi connectivity index (χ0) is 14.8. The van der Waals surface area contributed by atoms with Crippen molar-refractivity contribution in [1.29, 1.82) is 0 Å². The fraction of sp³-hybridized carbons (Fsp3) is 0.400. The van der Waals surface area contributed by atoms with Gasteiger partial charge in [0.05, 0.1) is 5.56 Å². The van der Waals surface area contributed by atoms with Crippen molar-refractivity contribution in [2.24, 2.45) is 5.73 Å². The Kier molecular flexibility index (Phi) is 4.28. The lowest BCUT2D eigenvalue weighted by Gasteiger charge is -2.20. The van der Waals surface area contributed by atoms with Gasteiger partial charge in [-0.2, -0.15) is 26.3 Å². The molecule has 1 aromatic carbocycles. The van der Waals surface area contributed by atoms with Crippen molar-refractivity contribution >= 4 is 0 Å². The van der Waals surface area contributed by atoms with Crippen LogP contribution >= 0.6 is 0 Å². The predicted octanol–water partition coefficient (Wildman–Crippen LogP) is 3.11. The summed E-state index contributed by atoms with van der Waals surface area (Å²) in [5.41, 5.74) is 3.11. The first-order chi connectivity index (χ1) is 8.55. The van der Waals surface area contributed by atoms with E-state index in [9.17, 15) is 30.7 Å². The van der Waals surface area contributed by atoms with Crippen LogP contribution in [0.5, 0.6) is 5.75 Å². The highest BCUT2D eigenvalue weighted by molar-refractivity contribution is 5.32. The Morgan fingerprint density at radius 1 is 1.11 bits per heavy atom. The summed E-state index contributed by atoms with van der Waals surface area (Å²) in [6.45, 7) is -0.970. The average Bonchev–Trinajstić information content (AvgIpc) is 2.24. The molecule has 2 nitrogen and oxygen atoms in total. The van der Waals surface area contributed by atoms with Crippen molar-refractivity contribution in [1.82, 2.24) is 0 Å². The molecule has 19 heavy (non-hydrogen) atoms. The van der Waals surface area contributed by atoms with Gasteiger partial charge in [-0.25, -0.2) is 4.39 Å². The number of ether oxygens (including phenoxy) is 1. The van der Waals surface area contributed by atoms with E-state index in [1.54, 1.807) is 0 Å². The molecule has 1 rings (SSSR count). The van der Waals surface area contributed by atoms with Gasteiger partial charge in [-0.15, -0.1) is 0 Å². The number of benzene rings is 1. The Bertz CT molecular complexity index is 440. The molecule has 0 fully saturated rings. The van der Waals surface area contributed by atoms with Gasteiger partial charge in [0.25, 0.3) is 0 Å². The monoisotopic (exact) mass is 291 g/mol. The normalized spacial score (nSPS) is 14.3. The van der Waals surface area contributed by atoms with Gasteiger partial charge in [0.2, 0.25) is 6.10 Å². The first kappa shape index (κ1) is 15.5. The smallest absolute Gasteiger partial charge is 0.426 e. The maximum Gasteiger partial charge on any atom is 0.426 e. The lowest BCUT2D eigenvalue weighted by Crippen LogP contribution is -2.40. The molecule has 0 amide bonds. The molecule has 0 heterocycles. The van der Waals surface area contributed by atoms with Crippen LogP contribution in [-0.4, -0.2) is 18.8 Å². The molecule has 108 valence electrons. The Hall–Kier alpha value is -1.51. The molecule has 1 aromatic rings. The molecule has 0 aromatic heterocycles. The van der Waals surface area contributed by atoms with Gasteiger partial charge in [0.1, 0.15) is 11.6 Å². The third-order valence-electron chi connectivity index (χ3n) is 2.10. The van der Waals surface area contributed by atoms with E-state index in [2.05, 4.69) is 4.74 Å². The van der Waals surface area contributed by atoms with Crippen LogP contribution in [0.15, 0.2) is 18.2 Å². The number of nitrogens with two attached hydrogens (primary N) is 1. The number of hydrogen-bond donors (Lipinski definition) is 1. The van der Waals surface area contributed by atoms with Crippen LogP contribution < -0.4 is 10.5 Å². The molecule has 0 aliphatic rings. The molecule has 0 aliphatic carbocycles. The summed E-state index contributed by atoms with van der Waals surface area (Å²) in [6.07, 6.45) is -12.3. The summed E-state index contributed by atoms with van der Waals surface area (Å²) in [6, 6.07) is 1.20. The SMILES string of the molecule is NCC(Oc1ccc(F)c(C(F)(F)F)c1)C(F)(F)F. The lowest BCUT2D eigenvalue weighted by molar-refractivity contribution is -0.191. The van der Waals surface area contributed by atoms with Crippen LogP contribution in [-0.2, 0) is 6.18 Å². The number of rotatable bonds is 3. The summed E-state index contributed by atoms with van der Waals surface area (Å²) < 4.78 is 91.2. The van der Waals surface area contributed by atoms with Crippen LogP contribution in [0.1, 0.15) is 5.56 Å². The molecule has 1 atom stereocenters. The zero-order valence-corrected chi connectivity index (χ0v) is 9.15. The van der Waals surface area contributed by atoms with Crippen molar-refractivity contribution in [3.8, 4) is 5.75 Å². The Morgan fingerprint density at radius 3 is 2.11 bits per heavy atom. The van der Waals surface area contributed by atoms with E-state index in [1.807, 2.05) is 0 Å². The fourth-order valence-corrected chi connectivity index (χ4v) is 1.21. The first-order valence-electron chi connectivity index (χ1n) is 4.86. The zero-order valence-electron chi connectivity index (χ0n) is 9.15. The van der Waals surface area contributed by atoms with E-state index in [0.29, 0.717) is 12.1 Å². The van der Waals surface area contributed by atoms with Gasteiger partial charge in [-0.3, -0.25) is 0 Å². The van der Waals surface area contributed by atoms with Gasteiger partial charge >= 0.3 is 12.4 Å². The standard InChI is InChI=1S/C10H8F7NO/c11-7-2-1-5(3-6(7)9(12,13)14)19-8(4-18)10(15,16)17/h1-3,8H,4,18H2. The minimum absolute atomic E-state index is 0.156. The highest BCUT2D eigenvalue weighted by atomic mass is 19.4. The van der Waals surface area contributed by atoms with Crippen LogP contribution in [0.25, 0.3) is 0 Å². The summed E-state index contributed by atoms with van der Waals surface area (Å²) in [7, 11) is 0. The minimum atomic E-state index is -5.03. The number of alkyl halides is 6. The van der Waals surface area contributed by atoms with Gasteiger partial charge in [-0.05, 0) is 18.2 Å². The molecule has 9 heteroatoms. The second-order valence-corrected chi connectivity index (χ2v) is 3.52. The maximum atomic E-state index is 12.9. The molecule has 0 saturated carbocycles. The number of halogens is 7. The molecule has 2 N–H and O–H groups in total. The highest BCUT2D eigenvalue weighted by Crippen LogP contribution is 2.34. The number of hydrogen-bond acceptors (Lipinski definition) is 2. The average molecular weight is 291 g/mol. The summed E-state index contributed by atoms with van der Waals surface area (Å²) in [5.74, 6) is -2.36. The van der Waals surface area contributed by atoms with Gasteiger partial charge in [-0.1, -0.05) is 0 Å². The van der Waals surface area contributed by atoms with E-state index in [0.717, 1.165) is 0 Å². The summed E-state index contributed by atoms with van der Waals surface area (Å²) >= 11 is 0. The molecule has 0 aliphatic heterocycles. The quantitative estimate of drug-likeness (QED) is 0.868. The highest BCUT2D eigenvalue weighted by Gasteiger charge is 2.41. The second-order valence-electron chi connectivity index (χ2n) is 3.52. The van der Waals surface area contributed by atoms with Crippen molar-refractivity contribution in [3.63, 3.8) is 0 Å². The molecule has 0 radical (unpaired) electrons. The van der Waals surface area contributed by atoms with E-state index >= 15 is 0 Å². The topological polar surface area (TPSA) is 35.2 Å². The predicted molar refractivity (Wildman–Crippen MR) is 50.9 cm³/mol. The lowest BCUT2D eigenvalue weighted by atomic mass is 10.2. The van der Waals surface area contributed by atoms with Crippen LogP contribution in [0, 0.1) is 5.82 Å². The third-order valence-corrected chi connectivity index (χ3v) is 2.10. The van der Waals surface area contributed by atoms with E-state index in [1.165, 1.54) is 0 Å². The van der Waals surface area contributed by atoms with Gasteiger partial charge in [0, 0.05) is 6.54 Å². The van der Waals surface area contributed by atoms with Crippen molar-refractivity contribution in [2.75, 3.05) is 6.54 Å². The van der Waals surface area contributed by atoms with E-state index in [-0.39, 0.29) is 6.07 Å². The van der Waals surface area contributed by atoms with Crippen LogP contribution in [0.3, 0.4) is 0 Å². The van der Waals surface area contributed by atoms with Crippen molar-refractivity contribution in [2.45, 2.75) is 18.5 Å². The van der Waals surface area contributed by atoms with Crippen molar-refractivity contribution in [3.05, 3.63) is 29.6 Å². The Morgan fingerprint density at radius 2 is 1.68 bits per heavy atom. The van der Waals surface area contributed by atoms with E-state index in [4.69, 9.17) is 5.73 Å². The summed E-state index contributed by atoms with van der Waals surface area (Å²) in [5, 5.41) is 0. The Labute approximate surface area is 103 Å². The maximum absolute atomic E-state index is 12.9. The molecule has 0 saturated heterocycles. The minimum Gasteiger partial charge on any atom is -0.480 e. The summed E-state index contributed by atoms with van der Waals surface area (Å²) in [4.78, 5) is 0. The molecule has 0 spiro atoms. The molecule has 0 bridgehead atoms. The van der Waals surface area contributed by atoms with Crippen LogP contribution in [0.2, 0.25) is 0 Å². The van der Waals surface area contributed by atoms with Gasteiger partial charge < -0.3 is 10.5 Å². The first-order valence-corrected chi connectivity index (χ1v) is 4.86. The van der Waals surface area contributed by atoms with Crippen LogP contribution in [0.4, 0.5) is 30.7 Å². The fourth-order valence-electron chi connectivity index (χ4n) is 1.21.